The van der Waals surface area contributed by atoms with Crippen LogP contribution in [0.4, 0.5) is 5.69 Å². The van der Waals surface area contributed by atoms with Crippen LogP contribution in [0, 0.1) is 10.1 Å². The third kappa shape index (κ3) is 6.15. The van der Waals surface area contributed by atoms with E-state index in [1.54, 1.807) is 36.7 Å². The minimum atomic E-state index is -3.76. The van der Waals surface area contributed by atoms with Crippen molar-refractivity contribution in [2.24, 2.45) is 0 Å². The van der Waals surface area contributed by atoms with E-state index in [1.165, 1.54) is 12.1 Å². The summed E-state index contributed by atoms with van der Waals surface area (Å²) in [6.07, 6.45) is 6.97. The van der Waals surface area contributed by atoms with Crippen molar-refractivity contribution in [3.05, 3.63) is 107 Å². The first kappa shape index (κ1) is 24.2. The Hall–Kier alpha value is -3.92. The molecule has 0 radical (unpaired) electrons. The second kappa shape index (κ2) is 11.0. The van der Waals surface area contributed by atoms with Crippen LogP contribution in [0.2, 0.25) is 0 Å². The van der Waals surface area contributed by atoms with Crippen LogP contribution in [0.15, 0.2) is 96.2 Å². The van der Waals surface area contributed by atoms with E-state index in [0.29, 0.717) is 18.5 Å². The molecule has 0 aliphatic rings. The Morgan fingerprint density at radius 1 is 0.943 bits per heavy atom. The lowest BCUT2D eigenvalue weighted by Gasteiger charge is -2.12. The van der Waals surface area contributed by atoms with Gasteiger partial charge in [-0.1, -0.05) is 42.5 Å². The Bertz CT molecular complexity index is 1450. The van der Waals surface area contributed by atoms with Crippen molar-refractivity contribution >= 4 is 32.6 Å². The highest BCUT2D eigenvalue weighted by Gasteiger charge is 2.18. The maximum atomic E-state index is 13.2. The van der Waals surface area contributed by atoms with E-state index in [-0.39, 0.29) is 17.1 Å². The van der Waals surface area contributed by atoms with Gasteiger partial charge in [0.25, 0.3) is 5.69 Å². The number of aromatic nitrogens is 1. The first-order valence-corrected chi connectivity index (χ1v) is 12.5. The number of fused-ring (bicyclic) bond motifs is 1. The number of hydrogen-bond acceptors (Lipinski definition) is 6. The summed E-state index contributed by atoms with van der Waals surface area (Å²) in [4.78, 5) is 14.6. The molecule has 0 bridgehead atoms. The van der Waals surface area contributed by atoms with Gasteiger partial charge in [0.05, 0.1) is 9.82 Å². The largest absolute Gasteiger partial charge is 0.312 e. The first-order chi connectivity index (χ1) is 16.9. The summed E-state index contributed by atoms with van der Waals surface area (Å²) in [6, 6.07) is 21.2. The fraction of sp³-hybridized carbons (Fsp3) is 0.115. The van der Waals surface area contributed by atoms with Crippen LogP contribution in [-0.4, -0.2) is 38.0 Å². The molecule has 4 rings (SSSR count). The number of nitro groups is 1. The van der Waals surface area contributed by atoms with Crippen molar-refractivity contribution in [2.75, 3.05) is 19.6 Å². The number of nitrogens with zero attached hydrogens (tertiary/aromatic N) is 2. The van der Waals surface area contributed by atoms with Crippen LogP contribution >= 0.6 is 0 Å². The molecule has 0 fully saturated rings. The monoisotopic (exact) mass is 488 g/mol. The lowest BCUT2D eigenvalue weighted by molar-refractivity contribution is -0.384. The van der Waals surface area contributed by atoms with Gasteiger partial charge in [-0.05, 0) is 47.0 Å². The van der Waals surface area contributed by atoms with Gasteiger partial charge in [0.2, 0.25) is 10.0 Å². The molecular formula is C26H24N4O4S. The zero-order chi connectivity index (χ0) is 24.7. The molecular weight excluding hydrogens is 464 g/mol. The van der Waals surface area contributed by atoms with Crippen molar-refractivity contribution in [3.8, 4) is 11.1 Å². The van der Waals surface area contributed by atoms with Crippen LogP contribution in [0.1, 0.15) is 5.56 Å². The standard InChI is InChI=1S/C26H24N4O4S/c31-30(32)24-10-8-20(9-11-24)5-4-13-27-15-16-29-35(33,34)26-18-22(21-6-2-1-3-7-21)17-23-19-28-14-12-25(23)26/h1-12,14,17-19,27,29H,13,15-16H2/b5-4+. The van der Waals surface area contributed by atoms with Gasteiger partial charge in [-0.3, -0.25) is 15.1 Å². The highest BCUT2D eigenvalue weighted by atomic mass is 32.2. The molecule has 0 aliphatic carbocycles. The van der Waals surface area contributed by atoms with E-state index in [0.717, 1.165) is 22.1 Å². The second-order valence-corrected chi connectivity index (χ2v) is 9.53. The minimum absolute atomic E-state index is 0.0471. The molecule has 3 aromatic carbocycles. The molecule has 0 aliphatic heterocycles. The van der Waals surface area contributed by atoms with E-state index in [4.69, 9.17) is 0 Å². The van der Waals surface area contributed by atoms with Crippen molar-refractivity contribution in [2.45, 2.75) is 4.90 Å². The van der Waals surface area contributed by atoms with Crippen LogP contribution in [-0.2, 0) is 10.0 Å². The van der Waals surface area contributed by atoms with Gasteiger partial charge in [0, 0.05) is 54.9 Å². The number of nitro benzene ring substituents is 1. The van der Waals surface area contributed by atoms with Crippen LogP contribution in [0.3, 0.4) is 0 Å². The zero-order valence-corrected chi connectivity index (χ0v) is 19.6. The molecule has 4 aromatic rings. The van der Waals surface area contributed by atoms with Gasteiger partial charge in [-0.15, -0.1) is 0 Å². The molecule has 0 amide bonds. The van der Waals surface area contributed by atoms with E-state index < -0.39 is 14.9 Å². The van der Waals surface area contributed by atoms with Gasteiger partial charge in [-0.2, -0.15) is 0 Å². The summed E-state index contributed by atoms with van der Waals surface area (Å²) in [5.74, 6) is 0. The van der Waals surface area contributed by atoms with Gasteiger partial charge < -0.3 is 5.32 Å². The summed E-state index contributed by atoms with van der Waals surface area (Å²) < 4.78 is 29.0. The normalized spacial score (nSPS) is 11.8. The number of pyridine rings is 1. The first-order valence-electron chi connectivity index (χ1n) is 11.0. The molecule has 1 heterocycles. The highest BCUT2D eigenvalue weighted by Crippen LogP contribution is 2.30. The predicted molar refractivity (Wildman–Crippen MR) is 137 cm³/mol. The number of non-ortho nitro benzene ring substituents is 1. The number of benzene rings is 3. The Balaban J connectivity index is 1.38. The Morgan fingerprint density at radius 3 is 2.46 bits per heavy atom. The molecule has 9 heteroatoms. The fourth-order valence-electron chi connectivity index (χ4n) is 3.63. The summed E-state index contributed by atoms with van der Waals surface area (Å²) in [6.45, 7) is 1.17. The fourth-order valence-corrected chi connectivity index (χ4v) is 4.92. The molecule has 0 atom stereocenters. The van der Waals surface area contributed by atoms with Crippen LogP contribution in [0.5, 0.6) is 0 Å². The Morgan fingerprint density at radius 2 is 1.71 bits per heavy atom. The van der Waals surface area contributed by atoms with E-state index in [2.05, 4.69) is 15.0 Å². The van der Waals surface area contributed by atoms with Gasteiger partial charge in [0.1, 0.15) is 0 Å². The molecule has 1 aromatic heterocycles. The summed E-state index contributed by atoms with van der Waals surface area (Å²) in [7, 11) is -3.76. The van der Waals surface area contributed by atoms with E-state index in [9.17, 15) is 18.5 Å². The lowest BCUT2D eigenvalue weighted by Crippen LogP contribution is -2.32. The van der Waals surface area contributed by atoms with Gasteiger partial charge >= 0.3 is 0 Å². The van der Waals surface area contributed by atoms with Crippen molar-refractivity contribution in [3.63, 3.8) is 0 Å². The second-order valence-electron chi connectivity index (χ2n) is 7.79. The minimum Gasteiger partial charge on any atom is -0.312 e. The molecule has 0 saturated heterocycles. The summed E-state index contributed by atoms with van der Waals surface area (Å²) in [5.41, 5.74) is 2.63. The summed E-state index contributed by atoms with van der Waals surface area (Å²) in [5, 5.41) is 15.2. The van der Waals surface area contributed by atoms with E-state index >= 15 is 0 Å². The third-order valence-electron chi connectivity index (χ3n) is 5.38. The maximum absolute atomic E-state index is 13.2. The summed E-state index contributed by atoms with van der Waals surface area (Å²) >= 11 is 0. The van der Waals surface area contributed by atoms with Gasteiger partial charge in [0.15, 0.2) is 0 Å². The van der Waals surface area contributed by atoms with Gasteiger partial charge in [-0.25, -0.2) is 13.1 Å². The quantitative estimate of drug-likeness (QED) is 0.194. The number of nitrogens with one attached hydrogen (secondary N) is 2. The molecule has 0 unspecified atom stereocenters. The lowest BCUT2D eigenvalue weighted by atomic mass is 10.0. The number of rotatable bonds is 10. The average molecular weight is 489 g/mol. The number of sulfonamides is 1. The SMILES string of the molecule is O=[N+]([O-])c1ccc(/C=C/CNCCNS(=O)(=O)c2cc(-c3ccccc3)cc3cnccc23)cc1. The molecule has 2 N–H and O–H groups in total. The highest BCUT2D eigenvalue weighted by molar-refractivity contribution is 7.89. The average Bonchev–Trinajstić information content (AvgIpc) is 2.88. The molecule has 35 heavy (non-hydrogen) atoms. The van der Waals surface area contributed by atoms with Crippen molar-refractivity contribution in [1.82, 2.24) is 15.0 Å². The van der Waals surface area contributed by atoms with Crippen LogP contribution in [0.25, 0.3) is 28.0 Å². The predicted octanol–water partition coefficient (Wildman–Crippen LogP) is 4.39. The molecule has 0 spiro atoms. The topological polar surface area (TPSA) is 114 Å². The molecule has 8 nitrogen and oxygen atoms in total. The van der Waals surface area contributed by atoms with Crippen molar-refractivity contribution in [1.29, 1.82) is 0 Å². The molecule has 178 valence electrons. The van der Waals surface area contributed by atoms with E-state index in [1.807, 2.05) is 48.6 Å². The smallest absolute Gasteiger partial charge is 0.269 e. The maximum Gasteiger partial charge on any atom is 0.269 e. The Labute approximate surface area is 203 Å². The van der Waals surface area contributed by atoms with Crippen LogP contribution < -0.4 is 10.0 Å². The number of hydrogen-bond donors (Lipinski definition) is 2. The third-order valence-corrected chi connectivity index (χ3v) is 6.88. The molecule has 0 saturated carbocycles. The zero-order valence-electron chi connectivity index (χ0n) is 18.8. The van der Waals surface area contributed by atoms with Crippen molar-refractivity contribution < 1.29 is 13.3 Å². The Kier molecular flexibility index (Phi) is 7.61.